The van der Waals surface area contributed by atoms with E-state index in [9.17, 15) is 20.0 Å². The molecule has 4 aromatic rings. The predicted molar refractivity (Wildman–Crippen MR) is 126 cm³/mol. The highest BCUT2D eigenvalue weighted by molar-refractivity contribution is 5.97. The first-order chi connectivity index (χ1) is 17.0. The number of hydrogen-bond acceptors (Lipinski definition) is 5. The number of rotatable bonds is 4. The Labute approximate surface area is 200 Å². The molecule has 0 aliphatic carbocycles. The van der Waals surface area contributed by atoms with E-state index in [1.54, 1.807) is 34.3 Å². The Kier molecular flexibility index (Phi) is 5.10. The fraction of sp³-hybridized carbons (Fsp3) is 0.192. The van der Waals surface area contributed by atoms with Crippen molar-refractivity contribution in [1.29, 1.82) is 0 Å². The second kappa shape index (κ2) is 8.31. The van der Waals surface area contributed by atoms with E-state index < -0.39 is 17.3 Å². The third-order valence-corrected chi connectivity index (χ3v) is 6.91. The predicted octanol–water partition coefficient (Wildman–Crippen LogP) is 1.85. The second-order valence-electron chi connectivity index (χ2n) is 8.97. The van der Waals surface area contributed by atoms with Gasteiger partial charge in [0.25, 0.3) is 0 Å². The number of amides is 2. The van der Waals surface area contributed by atoms with Crippen molar-refractivity contribution in [3.8, 4) is 0 Å². The highest BCUT2D eigenvalue weighted by atomic mass is 16.8. The van der Waals surface area contributed by atoms with E-state index in [0.29, 0.717) is 18.5 Å². The molecule has 1 fully saturated rings. The smallest absolute Gasteiger partial charge is 0.246 e. The summed E-state index contributed by atoms with van der Waals surface area (Å²) in [5.41, 5.74) is 4.44. The van der Waals surface area contributed by atoms with Crippen LogP contribution in [0.1, 0.15) is 28.4 Å². The zero-order valence-corrected chi connectivity index (χ0v) is 18.7. The summed E-state index contributed by atoms with van der Waals surface area (Å²) in [5, 5.41) is 21.2. The number of hydrogen-bond donors (Lipinski definition) is 3. The molecule has 4 heterocycles. The van der Waals surface area contributed by atoms with E-state index >= 15 is 0 Å². The molecule has 0 spiro atoms. The van der Waals surface area contributed by atoms with Gasteiger partial charge in [0.1, 0.15) is 12.6 Å². The van der Waals surface area contributed by atoms with Crippen molar-refractivity contribution < 1.29 is 20.0 Å². The van der Waals surface area contributed by atoms with Crippen LogP contribution in [0.15, 0.2) is 73.1 Å². The standard InChI is InChI=1S/C26H23N5O4/c32-23-15-29(14-16-8-10-27-11-9-16)26(33)22-13-20-19-6-1-2-7-21(19)28-24(20)25(30(22)23)17-4-3-5-18(12-17)31(34)35/h1-12,22,25,28,31,34H,13-15H2. The number of fused-ring (bicyclic) bond motifs is 4. The molecule has 9 nitrogen and oxygen atoms in total. The lowest BCUT2D eigenvalue weighted by Crippen LogP contribution is -2.99. The number of benzene rings is 2. The number of carbonyl (C=O) groups excluding carboxylic acids is 2. The maximum absolute atomic E-state index is 13.7. The third-order valence-electron chi connectivity index (χ3n) is 6.91. The number of aromatic nitrogens is 2. The van der Waals surface area contributed by atoms with Crippen LogP contribution in [0.2, 0.25) is 0 Å². The number of piperazine rings is 1. The van der Waals surface area contributed by atoms with Crippen molar-refractivity contribution >= 4 is 28.4 Å². The second-order valence-corrected chi connectivity index (χ2v) is 8.97. The molecule has 2 aliphatic rings. The number of nitrogens with zero attached hydrogens (tertiary/aromatic N) is 3. The molecular weight excluding hydrogens is 446 g/mol. The van der Waals surface area contributed by atoms with Gasteiger partial charge in [0, 0.05) is 54.1 Å². The molecule has 35 heavy (non-hydrogen) atoms. The molecule has 1 saturated heterocycles. The molecule has 3 atom stereocenters. The Morgan fingerprint density at radius 3 is 2.69 bits per heavy atom. The largest absolute Gasteiger partial charge is 0.595 e. The van der Waals surface area contributed by atoms with Crippen molar-refractivity contribution in [1.82, 2.24) is 19.8 Å². The van der Waals surface area contributed by atoms with Crippen LogP contribution in [0.4, 0.5) is 5.69 Å². The van der Waals surface area contributed by atoms with Gasteiger partial charge in [-0.3, -0.25) is 14.6 Å². The Bertz CT molecular complexity index is 1430. The van der Waals surface area contributed by atoms with Crippen LogP contribution < -0.4 is 5.23 Å². The van der Waals surface area contributed by atoms with E-state index in [2.05, 4.69) is 9.97 Å². The minimum Gasteiger partial charge on any atom is -0.595 e. The highest BCUT2D eigenvalue weighted by Gasteiger charge is 2.48. The number of pyridine rings is 1. The van der Waals surface area contributed by atoms with Gasteiger partial charge in [-0.1, -0.05) is 30.3 Å². The van der Waals surface area contributed by atoms with Crippen molar-refractivity contribution in [3.05, 3.63) is 101 Å². The lowest BCUT2D eigenvalue weighted by Gasteiger charge is -2.47. The van der Waals surface area contributed by atoms with Gasteiger partial charge >= 0.3 is 0 Å². The number of carbonyl (C=O) groups is 2. The van der Waals surface area contributed by atoms with E-state index in [1.807, 2.05) is 42.5 Å². The van der Waals surface area contributed by atoms with Crippen LogP contribution in [0, 0.1) is 5.21 Å². The van der Waals surface area contributed by atoms with Gasteiger partial charge in [0.05, 0.1) is 6.04 Å². The normalized spacial score (nSPS) is 20.6. The van der Waals surface area contributed by atoms with Crippen LogP contribution >= 0.6 is 0 Å². The van der Waals surface area contributed by atoms with Crippen LogP contribution in [-0.2, 0) is 22.6 Å². The van der Waals surface area contributed by atoms with Crippen molar-refractivity contribution in [3.63, 3.8) is 0 Å². The Morgan fingerprint density at radius 1 is 1.09 bits per heavy atom. The molecule has 0 radical (unpaired) electrons. The quantitative estimate of drug-likeness (QED) is 0.395. The van der Waals surface area contributed by atoms with E-state index in [4.69, 9.17) is 0 Å². The van der Waals surface area contributed by atoms with Crippen molar-refractivity contribution in [2.45, 2.75) is 25.0 Å². The molecule has 0 bridgehead atoms. The van der Waals surface area contributed by atoms with E-state index in [0.717, 1.165) is 27.7 Å². The van der Waals surface area contributed by atoms with E-state index in [1.165, 1.54) is 6.07 Å². The third kappa shape index (κ3) is 3.57. The zero-order chi connectivity index (χ0) is 24.1. The lowest BCUT2D eigenvalue weighted by atomic mass is 9.86. The summed E-state index contributed by atoms with van der Waals surface area (Å²) >= 11 is 0. The summed E-state index contributed by atoms with van der Waals surface area (Å²) in [7, 11) is 0. The number of para-hydroxylation sites is 1. The molecule has 2 aliphatic heterocycles. The summed E-state index contributed by atoms with van der Waals surface area (Å²) < 4.78 is 0. The molecule has 6 rings (SSSR count). The van der Waals surface area contributed by atoms with Crippen LogP contribution in [0.3, 0.4) is 0 Å². The molecule has 2 aromatic carbocycles. The molecule has 9 heteroatoms. The number of quaternary nitrogens is 1. The topological polar surface area (TPSA) is 117 Å². The molecular formula is C26H23N5O4. The number of H-pyrrole nitrogens is 1. The average molecular weight is 470 g/mol. The summed E-state index contributed by atoms with van der Waals surface area (Å²) in [6.45, 7) is 0.291. The minimum absolute atomic E-state index is 0.0393. The Balaban J connectivity index is 1.47. The van der Waals surface area contributed by atoms with Crippen LogP contribution in [0.5, 0.6) is 0 Å². The maximum atomic E-state index is 13.7. The van der Waals surface area contributed by atoms with Gasteiger partial charge in [-0.15, -0.1) is 0 Å². The summed E-state index contributed by atoms with van der Waals surface area (Å²) in [6, 6.07) is 16.9. The number of nitrogens with one attached hydrogen (secondary N) is 2. The van der Waals surface area contributed by atoms with Gasteiger partial charge in [-0.2, -0.15) is 5.23 Å². The molecule has 176 valence electrons. The van der Waals surface area contributed by atoms with Gasteiger partial charge in [0.2, 0.25) is 11.8 Å². The summed E-state index contributed by atoms with van der Waals surface area (Å²) in [4.78, 5) is 38.1. The first kappa shape index (κ1) is 21.5. The molecule has 2 amide bonds. The SMILES string of the molecule is O=C1C2Cc3c([nH]c4ccccc34)C(c3cccc([NH+]([O-])O)c3)N2C(=O)CN1Cc1ccncc1. The minimum atomic E-state index is -1.04. The van der Waals surface area contributed by atoms with Gasteiger partial charge in [-0.25, -0.2) is 5.21 Å². The Morgan fingerprint density at radius 2 is 1.89 bits per heavy atom. The van der Waals surface area contributed by atoms with Crippen LogP contribution in [0.25, 0.3) is 10.9 Å². The highest BCUT2D eigenvalue weighted by Crippen LogP contribution is 2.42. The lowest BCUT2D eigenvalue weighted by molar-refractivity contribution is -0.991. The van der Waals surface area contributed by atoms with Crippen LogP contribution in [-0.4, -0.2) is 49.4 Å². The average Bonchev–Trinajstić information content (AvgIpc) is 3.25. The monoisotopic (exact) mass is 469 g/mol. The summed E-state index contributed by atoms with van der Waals surface area (Å²) in [6.07, 6.45) is 3.73. The molecule has 3 unspecified atom stereocenters. The first-order valence-corrected chi connectivity index (χ1v) is 11.4. The summed E-state index contributed by atoms with van der Waals surface area (Å²) in [5.74, 6) is -0.282. The fourth-order valence-corrected chi connectivity index (χ4v) is 5.35. The zero-order valence-electron chi connectivity index (χ0n) is 18.7. The van der Waals surface area contributed by atoms with Gasteiger partial charge in [-0.05, 0) is 34.9 Å². The van der Waals surface area contributed by atoms with E-state index in [-0.39, 0.29) is 24.0 Å². The molecule has 0 saturated carbocycles. The van der Waals surface area contributed by atoms with Gasteiger partial charge < -0.3 is 20.0 Å². The van der Waals surface area contributed by atoms with Crippen molar-refractivity contribution in [2.75, 3.05) is 6.54 Å². The molecule has 3 N–H and O–H groups in total. The number of aromatic amines is 1. The molecule has 2 aromatic heterocycles. The van der Waals surface area contributed by atoms with Gasteiger partial charge in [0.15, 0.2) is 5.69 Å². The fourth-order valence-electron chi connectivity index (χ4n) is 5.35. The van der Waals surface area contributed by atoms with Crippen molar-refractivity contribution in [2.24, 2.45) is 0 Å². The maximum Gasteiger partial charge on any atom is 0.246 e. The Hall–Kier alpha value is -4.05. The first-order valence-electron chi connectivity index (χ1n) is 11.4.